The van der Waals surface area contributed by atoms with E-state index in [9.17, 15) is 14.7 Å². The van der Waals surface area contributed by atoms with Crippen LogP contribution < -0.4 is 0 Å². The van der Waals surface area contributed by atoms with E-state index >= 15 is 0 Å². The Morgan fingerprint density at radius 2 is 2.00 bits per heavy atom. The quantitative estimate of drug-likeness (QED) is 0.573. The molecule has 2 aliphatic carbocycles. The maximum atomic E-state index is 12.2. The summed E-state index contributed by atoms with van der Waals surface area (Å²) in [4.78, 5) is 24.9. The first-order valence-corrected chi connectivity index (χ1v) is 5.65. The number of carbonyl (C=O) groups excluding carboxylic acids is 1. The zero-order valence-electron chi connectivity index (χ0n) is 9.67. The summed E-state index contributed by atoms with van der Waals surface area (Å²) >= 11 is 0. The lowest BCUT2D eigenvalue weighted by atomic mass is 9.82. The predicted octanol–water partition coefficient (Wildman–Crippen LogP) is 0.601. The van der Waals surface area contributed by atoms with Crippen molar-refractivity contribution in [1.82, 2.24) is 4.90 Å². The Balaban J connectivity index is 2.20. The van der Waals surface area contributed by atoms with Gasteiger partial charge in [0.15, 0.2) is 0 Å². The van der Waals surface area contributed by atoms with Gasteiger partial charge in [0, 0.05) is 7.05 Å². The van der Waals surface area contributed by atoms with Gasteiger partial charge in [-0.05, 0) is 18.3 Å². The van der Waals surface area contributed by atoms with Crippen LogP contribution in [0.1, 0.15) is 6.42 Å². The fourth-order valence-corrected chi connectivity index (χ4v) is 2.96. The van der Waals surface area contributed by atoms with E-state index in [1.54, 1.807) is 7.05 Å². The van der Waals surface area contributed by atoms with Gasteiger partial charge in [-0.2, -0.15) is 0 Å². The summed E-state index contributed by atoms with van der Waals surface area (Å²) < 4.78 is 0. The molecule has 0 saturated heterocycles. The molecule has 4 atom stereocenters. The van der Waals surface area contributed by atoms with E-state index in [1.165, 1.54) is 4.90 Å². The zero-order valence-corrected chi connectivity index (χ0v) is 9.67. The Bertz CT molecular complexity index is 421. The van der Waals surface area contributed by atoms with Crippen LogP contribution in [0.5, 0.6) is 0 Å². The lowest BCUT2D eigenvalue weighted by molar-refractivity contribution is -0.150. The van der Waals surface area contributed by atoms with Gasteiger partial charge in [-0.15, -0.1) is 6.42 Å². The van der Waals surface area contributed by atoms with Gasteiger partial charge >= 0.3 is 5.97 Å². The second-order valence-electron chi connectivity index (χ2n) is 4.74. The van der Waals surface area contributed by atoms with Crippen LogP contribution in [0.4, 0.5) is 0 Å². The highest BCUT2D eigenvalue weighted by molar-refractivity contribution is 5.86. The first kappa shape index (κ1) is 11.7. The van der Waals surface area contributed by atoms with Crippen molar-refractivity contribution in [2.24, 2.45) is 23.7 Å². The second-order valence-corrected chi connectivity index (χ2v) is 4.74. The Kier molecular flexibility index (Phi) is 2.93. The first-order chi connectivity index (χ1) is 8.06. The second kappa shape index (κ2) is 4.25. The molecule has 1 N–H and O–H groups in total. The fourth-order valence-electron chi connectivity index (χ4n) is 2.96. The van der Waals surface area contributed by atoms with Crippen LogP contribution in [0.3, 0.4) is 0 Å². The van der Waals surface area contributed by atoms with E-state index in [1.807, 2.05) is 12.2 Å². The molecule has 1 fully saturated rings. The van der Waals surface area contributed by atoms with E-state index in [-0.39, 0.29) is 24.3 Å². The van der Waals surface area contributed by atoms with Crippen molar-refractivity contribution in [2.75, 3.05) is 13.6 Å². The highest BCUT2D eigenvalue weighted by Gasteiger charge is 2.52. The zero-order chi connectivity index (χ0) is 12.6. The number of hydrogen-bond acceptors (Lipinski definition) is 2. The Morgan fingerprint density at radius 3 is 2.53 bits per heavy atom. The number of carboxylic acids is 1. The largest absolute Gasteiger partial charge is 0.481 e. The van der Waals surface area contributed by atoms with Crippen molar-refractivity contribution < 1.29 is 14.7 Å². The van der Waals surface area contributed by atoms with E-state index in [0.29, 0.717) is 0 Å². The fraction of sp³-hybridized carbons (Fsp3) is 0.538. The Labute approximate surface area is 100 Å². The molecule has 2 aliphatic rings. The molecule has 1 amide bonds. The third kappa shape index (κ3) is 1.82. The van der Waals surface area contributed by atoms with Gasteiger partial charge in [0.25, 0.3) is 0 Å². The number of aliphatic carboxylic acids is 1. The van der Waals surface area contributed by atoms with Gasteiger partial charge in [-0.1, -0.05) is 18.1 Å². The molecular formula is C13H15NO3. The number of allylic oxidation sites excluding steroid dienone is 2. The average molecular weight is 233 g/mol. The molecule has 0 heterocycles. The molecule has 2 bridgehead atoms. The van der Waals surface area contributed by atoms with Crippen molar-refractivity contribution in [3.8, 4) is 12.3 Å². The maximum absolute atomic E-state index is 12.2. The number of fused-ring (bicyclic) bond motifs is 2. The van der Waals surface area contributed by atoms with Gasteiger partial charge in [0.2, 0.25) is 5.91 Å². The normalized spacial score (nSPS) is 33.4. The molecule has 0 aromatic heterocycles. The number of rotatable bonds is 3. The Hall–Kier alpha value is -1.76. The summed E-state index contributed by atoms with van der Waals surface area (Å²) in [6.07, 6.45) is 9.83. The molecule has 0 aromatic rings. The van der Waals surface area contributed by atoms with Crippen molar-refractivity contribution >= 4 is 11.9 Å². The summed E-state index contributed by atoms with van der Waals surface area (Å²) in [6.45, 7) is 0.225. The molecular weight excluding hydrogens is 218 g/mol. The van der Waals surface area contributed by atoms with Crippen molar-refractivity contribution in [2.45, 2.75) is 6.42 Å². The van der Waals surface area contributed by atoms with Crippen LogP contribution in [0.15, 0.2) is 12.2 Å². The molecule has 4 nitrogen and oxygen atoms in total. The molecule has 17 heavy (non-hydrogen) atoms. The first-order valence-electron chi connectivity index (χ1n) is 5.65. The summed E-state index contributed by atoms with van der Waals surface area (Å²) in [5.41, 5.74) is 0. The summed E-state index contributed by atoms with van der Waals surface area (Å²) in [5.74, 6) is 0.413. The third-order valence-electron chi connectivity index (χ3n) is 3.73. The highest BCUT2D eigenvalue weighted by Crippen LogP contribution is 2.48. The van der Waals surface area contributed by atoms with Crippen molar-refractivity contribution in [3.05, 3.63) is 12.2 Å². The van der Waals surface area contributed by atoms with Gasteiger partial charge in [-0.25, -0.2) is 0 Å². The summed E-state index contributed by atoms with van der Waals surface area (Å²) in [5, 5.41) is 9.22. The molecule has 4 unspecified atom stereocenters. The molecule has 0 aliphatic heterocycles. The van der Waals surface area contributed by atoms with Gasteiger partial charge in [-0.3, -0.25) is 9.59 Å². The number of carbonyl (C=O) groups is 2. The smallest absolute Gasteiger partial charge is 0.307 e. The molecule has 2 rings (SSSR count). The van der Waals surface area contributed by atoms with E-state index in [2.05, 4.69) is 5.92 Å². The molecule has 4 heteroatoms. The van der Waals surface area contributed by atoms with Crippen LogP contribution in [0.25, 0.3) is 0 Å². The Morgan fingerprint density at radius 1 is 1.41 bits per heavy atom. The number of hydrogen-bond donors (Lipinski definition) is 1. The van der Waals surface area contributed by atoms with Crippen LogP contribution in [0.2, 0.25) is 0 Å². The van der Waals surface area contributed by atoms with Crippen molar-refractivity contribution in [3.63, 3.8) is 0 Å². The summed E-state index contributed by atoms with van der Waals surface area (Å²) in [7, 11) is 1.62. The standard InChI is InChI=1S/C13H15NO3/c1-3-6-14(2)12(15)10-8-4-5-9(7-8)11(10)13(16)17/h1,4-5,8-11H,6-7H2,2H3,(H,16,17). The minimum Gasteiger partial charge on any atom is -0.481 e. The van der Waals surface area contributed by atoms with Gasteiger partial charge in [0.05, 0.1) is 18.4 Å². The monoisotopic (exact) mass is 233 g/mol. The molecule has 0 aromatic carbocycles. The number of amides is 1. The lowest BCUT2D eigenvalue weighted by Gasteiger charge is -2.27. The minimum atomic E-state index is -0.880. The van der Waals surface area contributed by atoms with Crippen LogP contribution >= 0.6 is 0 Å². The number of nitrogens with zero attached hydrogens (tertiary/aromatic N) is 1. The topological polar surface area (TPSA) is 57.6 Å². The molecule has 90 valence electrons. The summed E-state index contributed by atoms with van der Waals surface area (Å²) in [6, 6.07) is 0. The van der Waals surface area contributed by atoms with E-state index in [4.69, 9.17) is 6.42 Å². The van der Waals surface area contributed by atoms with Crippen LogP contribution in [0, 0.1) is 36.0 Å². The van der Waals surface area contributed by atoms with E-state index < -0.39 is 17.8 Å². The molecule has 0 spiro atoms. The molecule has 1 saturated carbocycles. The predicted molar refractivity (Wildman–Crippen MR) is 61.8 cm³/mol. The van der Waals surface area contributed by atoms with Gasteiger partial charge in [0.1, 0.15) is 0 Å². The highest BCUT2D eigenvalue weighted by atomic mass is 16.4. The third-order valence-corrected chi connectivity index (χ3v) is 3.73. The average Bonchev–Trinajstić information content (AvgIpc) is 2.87. The van der Waals surface area contributed by atoms with Gasteiger partial charge < -0.3 is 10.0 Å². The minimum absolute atomic E-state index is 0.00526. The lowest BCUT2D eigenvalue weighted by Crippen LogP contribution is -2.41. The maximum Gasteiger partial charge on any atom is 0.307 e. The SMILES string of the molecule is C#CCN(C)C(=O)C1C2C=CC(C2)C1C(=O)O. The molecule has 0 radical (unpaired) electrons. The van der Waals surface area contributed by atoms with E-state index in [0.717, 1.165) is 6.42 Å². The van der Waals surface area contributed by atoms with Crippen LogP contribution in [-0.4, -0.2) is 35.5 Å². The van der Waals surface area contributed by atoms with Crippen molar-refractivity contribution in [1.29, 1.82) is 0 Å². The number of terminal acetylenes is 1. The number of carboxylic acid groups (broad SMARTS) is 1. The van der Waals surface area contributed by atoms with Crippen LogP contribution in [-0.2, 0) is 9.59 Å².